The molecule has 0 spiro atoms. The molecule has 0 aliphatic heterocycles. The second kappa shape index (κ2) is 11.9. The smallest absolute Gasteiger partial charge is 0.435 e. The van der Waals surface area contributed by atoms with Crippen molar-refractivity contribution in [2.75, 3.05) is 33.2 Å². The first-order valence-corrected chi connectivity index (χ1v) is 9.26. The molecule has 0 rings (SSSR count). The van der Waals surface area contributed by atoms with Crippen molar-refractivity contribution in [3.63, 3.8) is 0 Å². The molecule has 0 saturated carbocycles. The molecule has 0 aromatic rings. The van der Waals surface area contributed by atoms with Crippen LogP contribution in [0.1, 0.15) is 34.1 Å². The van der Waals surface area contributed by atoms with Gasteiger partial charge in [0, 0.05) is 31.4 Å². The summed E-state index contributed by atoms with van der Waals surface area (Å²) in [7, 11) is -2.60. The van der Waals surface area contributed by atoms with Gasteiger partial charge in [0.25, 0.3) is 0 Å². The first kappa shape index (κ1) is 20.3. The van der Waals surface area contributed by atoms with Crippen molar-refractivity contribution in [3.8, 4) is 0 Å². The number of carbonyl (C=O) groups is 1. The fourth-order valence-corrected chi connectivity index (χ4v) is 4.25. The minimum absolute atomic E-state index is 0.0713. The van der Waals surface area contributed by atoms with Crippen LogP contribution in [-0.4, -0.2) is 48.0 Å². The Morgan fingerprint density at radius 1 is 1.05 bits per heavy atom. The van der Waals surface area contributed by atoms with Crippen molar-refractivity contribution >= 4 is 14.8 Å². The van der Waals surface area contributed by atoms with E-state index in [0.29, 0.717) is 38.0 Å². The molecule has 0 fully saturated rings. The second-order valence-corrected chi connectivity index (χ2v) is 7.06. The summed E-state index contributed by atoms with van der Waals surface area (Å²) in [6.45, 7) is 12.9. The van der Waals surface area contributed by atoms with E-state index in [0.717, 1.165) is 6.42 Å². The van der Waals surface area contributed by atoms with Crippen LogP contribution in [0.15, 0.2) is 12.2 Å². The third-order valence-electron chi connectivity index (χ3n) is 2.49. The molecule has 124 valence electrons. The van der Waals surface area contributed by atoms with Crippen LogP contribution in [0.25, 0.3) is 0 Å². The highest BCUT2D eigenvalue weighted by Gasteiger charge is 2.39. The lowest BCUT2D eigenvalue weighted by Crippen LogP contribution is -2.46. The van der Waals surface area contributed by atoms with Gasteiger partial charge in [-0.05, 0) is 34.1 Å². The zero-order chi connectivity index (χ0) is 16.1. The van der Waals surface area contributed by atoms with Gasteiger partial charge in [0.05, 0.1) is 6.61 Å². The maximum atomic E-state index is 11.1. The maximum absolute atomic E-state index is 11.1. The summed E-state index contributed by atoms with van der Waals surface area (Å²) >= 11 is 0. The zero-order valence-electron chi connectivity index (χ0n) is 13.6. The maximum Gasteiger partial charge on any atom is 0.501 e. The van der Waals surface area contributed by atoms with Gasteiger partial charge in [0.1, 0.15) is 0 Å². The fourth-order valence-electron chi connectivity index (χ4n) is 1.67. The summed E-state index contributed by atoms with van der Waals surface area (Å²) in [5.41, 5.74) is 0.356. The second-order valence-electron chi connectivity index (χ2n) is 4.32. The Labute approximate surface area is 128 Å². The normalized spacial score (nSPS) is 11.4. The molecular formula is C14H28O6Si. The number of ether oxygens (including phenoxy) is 2. The zero-order valence-corrected chi connectivity index (χ0v) is 14.6. The predicted molar refractivity (Wildman–Crippen MR) is 81.8 cm³/mol. The fraction of sp³-hybridized carbons (Fsp3) is 0.786. The van der Waals surface area contributed by atoms with Crippen molar-refractivity contribution in [1.82, 2.24) is 0 Å². The summed E-state index contributed by atoms with van der Waals surface area (Å²) in [4.78, 5) is 11.1. The van der Waals surface area contributed by atoms with Gasteiger partial charge in [0.2, 0.25) is 0 Å². The molecule has 0 N–H and O–H groups in total. The van der Waals surface area contributed by atoms with Crippen molar-refractivity contribution in [1.29, 1.82) is 0 Å². The summed E-state index contributed by atoms with van der Waals surface area (Å²) in [6.07, 6.45) is 0.719. The molecule has 0 unspecified atom stereocenters. The minimum Gasteiger partial charge on any atom is -0.435 e. The van der Waals surface area contributed by atoms with Crippen molar-refractivity contribution in [2.45, 2.75) is 40.2 Å². The average Bonchev–Trinajstić information content (AvgIpc) is 2.43. The molecule has 21 heavy (non-hydrogen) atoms. The molecule has 0 amide bonds. The Balaban J connectivity index is 4.01. The lowest BCUT2D eigenvalue weighted by atomic mass is 10.4. The molecule has 0 atom stereocenters. The minimum atomic E-state index is -2.60. The van der Waals surface area contributed by atoms with Gasteiger partial charge in [-0.25, -0.2) is 4.79 Å². The Kier molecular flexibility index (Phi) is 11.5. The van der Waals surface area contributed by atoms with Crippen LogP contribution >= 0.6 is 0 Å². The number of esters is 1. The molecule has 0 aliphatic carbocycles. The monoisotopic (exact) mass is 320 g/mol. The molecular weight excluding hydrogens is 292 g/mol. The Morgan fingerprint density at radius 3 is 2.00 bits per heavy atom. The van der Waals surface area contributed by atoms with Crippen LogP contribution in [0.3, 0.4) is 0 Å². The molecule has 0 aliphatic rings. The first-order chi connectivity index (χ1) is 10.0. The van der Waals surface area contributed by atoms with Gasteiger partial charge in [0.15, 0.2) is 6.79 Å². The van der Waals surface area contributed by atoms with E-state index < -0.39 is 14.8 Å². The number of carbonyl (C=O) groups excluding carboxylic acids is 1. The largest absolute Gasteiger partial charge is 0.501 e. The van der Waals surface area contributed by atoms with Gasteiger partial charge < -0.3 is 22.8 Å². The lowest BCUT2D eigenvalue weighted by molar-refractivity contribution is -0.151. The van der Waals surface area contributed by atoms with Gasteiger partial charge in [-0.2, -0.15) is 0 Å². The van der Waals surface area contributed by atoms with E-state index in [1.807, 2.05) is 20.8 Å². The molecule has 0 heterocycles. The van der Waals surface area contributed by atoms with E-state index in [4.69, 9.17) is 22.8 Å². The van der Waals surface area contributed by atoms with E-state index in [-0.39, 0.29) is 6.79 Å². The molecule has 0 saturated heterocycles. The van der Waals surface area contributed by atoms with Crippen LogP contribution in [0.5, 0.6) is 0 Å². The van der Waals surface area contributed by atoms with E-state index in [2.05, 4.69) is 6.58 Å². The van der Waals surface area contributed by atoms with Crippen molar-refractivity contribution in [3.05, 3.63) is 12.2 Å². The Bertz CT molecular complexity index is 291. The van der Waals surface area contributed by atoms with Gasteiger partial charge >= 0.3 is 14.8 Å². The van der Waals surface area contributed by atoms with E-state index in [9.17, 15) is 4.79 Å². The topological polar surface area (TPSA) is 63.2 Å². The van der Waals surface area contributed by atoms with Crippen LogP contribution < -0.4 is 0 Å². The summed E-state index contributed by atoms with van der Waals surface area (Å²) < 4.78 is 27.3. The molecule has 7 heteroatoms. The van der Waals surface area contributed by atoms with E-state index in [1.54, 1.807) is 6.92 Å². The average molecular weight is 320 g/mol. The van der Waals surface area contributed by atoms with Crippen molar-refractivity contribution < 1.29 is 27.5 Å². The molecule has 0 radical (unpaired) electrons. The number of hydrogen-bond acceptors (Lipinski definition) is 6. The van der Waals surface area contributed by atoms with Gasteiger partial charge in [-0.15, -0.1) is 0 Å². The highest BCUT2D eigenvalue weighted by Crippen LogP contribution is 2.18. The molecule has 6 nitrogen and oxygen atoms in total. The van der Waals surface area contributed by atoms with Crippen molar-refractivity contribution in [2.24, 2.45) is 0 Å². The third-order valence-corrected chi connectivity index (χ3v) is 5.64. The van der Waals surface area contributed by atoms with Gasteiger partial charge in [-0.3, -0.25) is 0 Å². The highest BCUT2D eigenvalue weighted by molar-refractivity contribution is 6.60. The van der Waals surface area contributed by atoms with Crippen LogP contribution in [0.4, 0.5) is 0 Å². The van der Waals surface area contributed by atoms with E-state index >= 15 is 0 Å². The lowest BCUT2D eigenvalue weighted by Gasteiger charge is -2.28. The molecule has 0 aromatic heterocycles. The number of rotatable bonds is 13. The van der Waals surface area contributed by atoms with E-state index in [1.165, 1.54) is 0 Å². The summed E-state index contributed by atoms with van der Waals surface area (Å²) in [6, 6.07) is 0.678. The van der Waals surface area contributed by atoms with Gasteiger partial charge in [-0.1, -0.05) is 6.58 Å². The highest BCUT2D eigenvalue weighted by atomic mass is 28.4. The van der Waals surface area contributed by atoms with Crippen LogP contribution in [0.2, 0.25) is 6.04 Å². The Hall–Kier alpha value is -0.733. The summed E-state index contributed by atoms with van der Waals surface area (Å²) in [5.74, 6) is -0.448. The third kappa shape index (κ3) is 9.00. The van der Waals surface area contributed by atoms with Crippen LogP contribution in [-0.2, 0) is 27.5 Å². The first-order valence-electron chi connectivity index (χ1n) is 7.33. The van der Waals surface area contributed by atoms with Crippen LogP contribution in [0, 0.1) is 0 Å². The SMILES string of the molecule is C=C(C)C(=O)OCOCCC[Si](OCC)(OCC)OCC. The standard InChI is InChI=1S/C14H28O6Si/c1-6-18-21(19-7-2,20-8-3)11-9-10-16-12-17-14(15)13(4)5/h4,6-12H2,1-3,5H3. The molecule has 0 aromatic carbocycles. The predicted octanol–water partition coefficient (Wildman–Crippen LogP) is 2.52. The Morgan fingerprint density at radius 2 is 1.57 bits per heavy atom. The summed E-state index contributed by atoms with van der Waals surface area (Å²) in [5, 5.41) is 0. The molecule has 0 bridgehead atoms. The quantitative estimate of drug-likeness (QED) is 0.171. The number of hydrogen-bond donors (Lipinski definition) is 0.